The van der Waals surface area contributed by atoms with Crippen LogP contribution >= 0.6 is 0 Å². The van der Waals surface area contributed by atoms with Gasteiger partial charge in [0, 0.05) is 19.1 Å². The molecule has 0 aromatic heterocycles. The van der Waals surface area contributed by atoms with Crippen molar-refractivity contribution in [3.63, 3.8) is 0 Å². The number of hydrogen-bond acceptors (Lipinski definition) is 4. The van der Waals surface area contributed by atoms with Gasteiger partial charge in [-0.3, -0.25) is 4.79 Å². The summed E-state index contributed by atoms with van der Waals surface area (Å²) in [5, 5.41) is 2.85. The number of hydrogen-bond donors (Lipinski definition) is 2. The number of benzene rings is 1. The molecule has 2 rings (SSSR count). The van der Waals surface area contributed by atoms with Gasteiger partial charge in [0.05, 0.1) is 10.9 Å². The van der Waals surface area contributed by atoms with Crippen molar-refractivity contribution in [2.45, 2.75) is 43.7 Å². The van der Waals surface area contributed by atoms with Crippen LogP contribution in [-0.2, 0) is 14.8 Å². The first-order chi connectivity index (χ1) is 10.3. The predicted molar refractivity (Wildman–Crippen MR) is 84.8 cm³/mol. The second kappa shape index (κ2) is 6.76. The van der Waals surface area contributed by atoms with Crippen molar-refractivity contribution in [3.8, 4) is 0 Å². The van der Waals surface area contributed by atoms with Gasteiger partial charge >= 0.3 is 0 Å². The number of nitrogens with two attached hydrogens (primary N) is 1. The summed E-state index contributed by atoms with van der Waals surface area (Å²) in [5.74, 6) is -0.195. The molecule has 1 aliphatic rings. The zero-order chi connectivity index (χ0) is 16.3. The van der Waals surface area contributed by atoms with E-state index in [9.17, 15) is 13.2 Å². The van der Waals surface area contributed by atoms with Crippen LogP contribution in [0.4, 0.5) is 0 Å². The number of sulfonamides is 1. The number of piperidine rings is 1. The Morgan fingerprint density at radius 1 is 1.27 bits per heavy atom. The standard InChI is InChI=1S/C15H23N3O3S/c1-11-3-5-14(6-4-11)22(20,21)18-9-7-13(8-10-18)17-15(19)12(2)16/h3-6,12-13H,7-10,16H2,1-2H3,(H,17,19)/t12-/m1/s1. The molecule has 0 saturated carbocycles. The molecule has 3 N–H and O–H groups in total. The summed E-state index contributed by atoms with van der Waals surface area (Å²) in [7, 11) is -3.45. The van der Waals surface area contributed by atoms with E-state index in [0.29, 0.717) is 30.8 Å². The summed E-state index contributed by atoms with van der Waals surface area (Å²) >= 11 is 0. The topological polar surface area (TPSA) is 92.5 Å². The molecule has 7 heteroatoms. The van der Waals surface area contributed by atoms with Crippen LogP contribution in [-0.4, -0.2) is 43.8 Å². The third-order valence-corrected chi connectivity index (χ3v) is 5.79. The van der Waals surface area contributed by atoms with Gasteiger partial charge in [0.25, 0.3) is 0 Å². The molecule has 1 saturated heterocycles. The van der Waals surface area contributed by atoms with Gasteiger partial charge in [0.1, 0.15) is 0 Å². The third-order valence-electron chi connectivity index (χ3n) is 3.87. The fourth-order valence-electron chi connectivity index (χ4n) is 2.43. The highest BCUT2D eigenvalue weighted by molar-refractivity contribution is 7.89. The molecule has 1 fully saturated rings. The first-order valence-corrected chi connectivity index (χ1v) is 8.87. The van der Waals surface area contributed by atoms with E-state index in [0.717, 1.165) is 5.56 Å². The zero-order valence-corrected chi connectivity index (χ0v) is 13.8. The molecule has 0 bridgehead atoms. The zero-order valence-electron chi connectivity index (χ0n) is 13.0. The van der Waals surface area contributed by atoms with Gasteiger partial charge in [-0.25, -0.2) is 8.42 Å². The smallest absolute Gasteiger partial charge is 0.243 e. The maximum Gasteiger partial charge on any atom is 0.243 e. The average molecular weight is 325 g/mol. The number of amides is 1. The van der Waals surface area contributed by atoms with E-state index in [1.807, 2.05) is 6.92 Å². The van der Waals surface area contributed by atoms with Crippen molar-refractivity contribution in [1.29, 1.82) is 0 Å². The molecule has 0 unspecified atom stereocenters. The number of rotatable bonds is 4. The van der Waals surface area contributed by atoms with Crippen LogP contribution in [0.2, 0.25) is 0 Å². The molecule has 1 aromatic carbocycles. The van der Waals surface area contributed by atoms with Gasteiger partial charge in [-0.15, -0.1) is 0 Å². The summed E-state index contributed by atoms with van der Waals surface area (Å²) in [5.41, 5.74) is 6.54. The Labute approximate surface area is 131 Å². The molecule has 1 atom stereocenters. The molecule has 122 valence electrons. The summed E-state index contributed by atoms with van der Waals surface area (Å²) < 4.78 is 26.6. The highest BCUT2D eigenvalue weighted by Gasteiger charge is 2.30. The van der Waals surface area contributed by atoms with Gasteiger partial charge < -0.3 is 11.1 Å². The minimum absolute atomic E-state index is 0.0111. The van der Waals surface area contributed by atoms with Crippen LogP contribution in [0.5, 0.6) is 0 Å². The van der Waals surface area contributed by atoms with Crippen molar-refractivity contribution in [2.75, 3.05) is 13.1 Å². The van der Waals surface area contributed by atoms with E-state index in [-0.39, 0.29) is 11.9 Å². The second-order valence-electron chi connectivity index (χ2n) is 5.79. The van der Waals surface area contributed by atoms with E-state index < -0.39 is 16.1 Å². The van der Waals surface area contributed by atoms with Crippen LogP contribution in [0.25, 0.3) is 0 Å². The van der Waals surface area contributed by atoms with Crippen molar-refractivity contribution in [2.24, 2.45) is 5.73 Å². The minimum atomic E-state index is -3.45. The van der Waals surface area contributed by atoms with Crippen LogP contribution in [0.15, 0.2) is 29.2 Å². The monoisotopic (exact) mass is 325 g/mol. The Morgan fingerprint density at radius 2 is 1.82 bits per heavy atom. The van der Waals surface area contributed by atoms with E-state index >= 15 is 0 Å². The number of aryl methyl sites for hydroxylation is 1. The molecule has 1 aliphatic heterocycles. The van der Waals surface area contributed by atoms with Crippen LogP contribution < -0.4 is 11.1 Å². The number of nitrogens with one attached hydrogen (secondary N) is 1. The molecule has 1 amide bonds. The lowest BCUT2D eigenvalue weighted by Crippen LogP contribution is -2.49. The van der Waals surface area contributed by atoms with Gasteiger partial charge in [-0.05, 0) is 38.8 Å². The highest BCUT2D eigenvalue weighted by atomic mass is 32.2. The third kappa shape index (κ3) is 3.85. The first-order valence-electron chi connectivity index (χ1n) is 7.43. The predicted octanol–water partition coefficient (Wildman–Crippen LogP) is 0.612. The van der Waals surface area contributed by atoms with Crippen LogP contribution in [0, 0.1) is 6.92 Å². The Morgan fingerprint density at radius 3 is 2.32 bits per heavy atom. The van der Waals surface area contributed by atoms with Gasteiger partial charge in [0.2, 0.25) is 15.9 Å². The Hall–Kier alpha value is -1.44. The normalized spacial score (nSPS) is 18.9. The fourth-order valence-corrected chi connectivity index (χ4v) is 3.90. The van der Waals surface area contributed by atoms with Gasteiger partial charge in [-0.2, -0.15) is 4.31 Å². The highest BCUT2D eigenvalue weighted by Crippen LogP contribution is 2.21. The Balaban J connectivity index is 1.99. The van der Waals surface area contributed by atoms with Gasteiger partial charge in [-0.1, -0.05) is 17.7 Å². The molecule has 22 heavy (non-hydrogen) atoms. The van der Waals surface area contributed by atoms with E-state index in [2.05, 4.69) is 5.32 Å². The second-order valence-corrected chi connectivity index (χ2v) is 7.73. The molecular weight excluding hydrogens is 302 g/mol. The van der Waals surface area contributed by atoms with Crippen LogP contribution in [0.1, 0.15) is 25.3 Å². The molecule has 0 aliphatic carbocycles. The SMILES string of the molecule is Cc1ccc(S(=O)(=O)N2CCC(NC(=O)[C@@H](C)N)CC2)cc1. The largest absolute Gasteiger partial charge is 0.352 e. The summed E-state index contributed by atoms with van der Waals surface area (Å²) in [6, 6.07) is 6.30. The molecule has 0 spiro atoms. The van der Waals surface area contributed by atoms with E-state index in [4.69, 9.17) is 5.73 Å². The Bertz CT molecular complexity index is 618. The minimum Gasteiger partial charge on any atom is -0.352 e. The van der Waals surface area contributed by atoms with Gasteiger partial charge in [0.15, 0.2) is 0 Å². The Kier molecular flexibility index (Phi) is 5.20. The lowest BCUT2D eigenvalue weighted by atomic mass is 10.1. The molecular formula is C15H23N3O3S. The maximum absolute atomic E-state index is 12.6. The first kappa shape index (κ1) is 16.9. The molecule has 1 heterocycles. The fraction of sp³-hybridized carbons (Fsp3) is 0.533. The lowest BCUT2D eigenvalue weighted by molar-refractivity contribution is -0.122. The molecule has 1 aromatic rings. The maximum atomic E-state index is 12.6. The van der Waals surface area contributed by atoms with E-state index in [1.165, 1.54) is 4.31 Å². The summed E-state index contributed by atoms with van der Waals surface area (Å²) in [4.78, 5) is 11.9. The number of carbonyl (C=O) groups is 1. The molecule has 6 nitrogen and oxygen atoms in total. The van der Waals surface area contributed by atoms with E-state index in [1.54, 1.807) is 31.2 Å². The van der Waals surface area contributed by atoms with Crippen molar-refractivity contribution in [1.82, 2.24) is 9.62 Å². The average Bonchev–Trinajstić information content (AvgIpc) is 2.48. The van der Waals surface area contributed by atoms with Crippen LogP contribution in [0.3, 0.4) is 0 Å². The summed E-state index contributed by atoms with van der Waals surface area (Å²) in [6.07, 6.45) is 1.20. The molecule has 0 radical (unpaired) electrons. The number of carbonyl (C=O) groups excluding carboxylic acids is 1. The number of nitrogens with zero attached hydrogens (tertiary/aromatic N) is 1. The van der Waals surface area contributed by atoms with Crippen molar-refractivity contribution in [3.05, 3.63) is 29.8 Å². The lowest BCUT2D eigenvalue weighted by Gasteiger charge is -2.32. The summed E-state index contributed by atoms with van der Waals surface area (Å²) in [6.45, 7) is 4.36. The van der Waals surface area contributed by atoms with Crippen molar-refractivity contribution < 1.29 is 13.2 Å². The van der Waals surface area contributed by atoms with Crippen molar-refractivity contribution >= 4 is 15.9 Å². The quantitative estimate of drug-likeness (QED) is 0.848.